The molecule has 0 bridgehead atoms. The van der Waals surface area contributed by atoms with Crippen LogP contribution in [-0.4, -0.2) is 53.5 Å². The van der Waals surface area contributed by atoms with Crippen molar-refractivity contribution in [1.29, 1.82) is 0 Å². The van der Waals surface area contributed by atoms with E-state index in [4.69, 9.17) is 4.74 Å². The molecule has 1 aromatic heterocycles. The van der Waals surface area contributed by atoms with Crippen molar-refractivity contribution < 1.29 is 9.84 Å². The van der Waals surface area contributed by atoms with E-state index < -0.39 is 5.60 Å². The van der Waals surface area contributed by atoms with Crippen LogP contribution in [0.15, 0.2) is 12.4 Å². The zero-order valence-corrected chi connectivity index (χ0v) is 12.6. The number of nitrogens with one attached hydrogen (secondary N) is 1. The number of anilines is 1. The molecule has 116 valence electrons. The lowest BCUT2D eigenvalue weighted by molar-refractivity contribution is -0.0574. The quantitative estimate of drug-likeness (QED) is 0.804. The molecule has 1 aliphatic carbocycles. The summed E-state index contributed by atoms with van der Waals surface area (Å²) in [6.07, 6.45) is 7.62. The maximum atomic E-state index is 10.5. The lowest BCUT2D eigenvalue weighted by atomic mass is 9.94. The minimum absolute atomic E-state index is 0.538. The second-order valence-electron chi connectivity index (χ2n) is 6.24. The van der Waals surface area contributed by atoms with Gasteiger partial charge in [0.25, 0.3) is 0 Å². The molecule has 2 N–H and O–H groups in total. The van der Waals surface area contributed by atoms with Gasteiger partial charge in [-0.05, 0) is 12.8 Å². The Morgan fingerprint density at radius 3 is 2.62 bits per heavy atom. The van der Waals surface area contributed by atoms with E-state index in [9.17, 15) is 5.11 Å². The van der Waals surface area contributed by atoms with Crippen LogP contribution >= 0.6 is 0 Å². The largest absolute Gasteiger partial charge is 0.388 e. The fourth-order valence-corrected chi connectivity index (χ4v) is 2.61. The molecule has 1 aliphatic heterocycles. The Labute approximate surface area is 125 Å². The second-order valence-corrected chi connectivity index (χ2v) is 6.24. The van der Waals surface area contributed by atoms with Crippen LogP contribution in [0.2, 0.25) is 0 Å². The van der Waals surface area contributed by atoms with Crippen molar-refractivity contribution in [3.05, 3.63) is 18.0 Å². The number of likely N-dealkylation sites (N-methyl/N-ethyl adjacent to an activating group) is 1. The smallest absolute Gasteiger partial charge is 0.225 e. The summed E-state index contributed by atoms with van der Waals surface area (Å²) < 4.78 is 5.30. The van der Waals surface area contributed by atoms with E-state index in [0.717, 1.165) is 12.1 Å². The average molecular weight is 292 g/mol. The van der Waals surface area contributed by atoms with Gasteiger partial charge in [0, 0.05) is 70.2 Å². The number of rotatable bonds is 6. The molecule has 2 aliphatic rings. The first kappa shape index (κ1) is 14.7. The molecule has 1 saturated carbocycles. The molecule has 1 saturated heterocycles. The lowest BCUT2D eigenvalue weighted by Gasteiger charge is -2.35. The van der Waals surface area contributed by atoms with Gasteiger partial charge < -0.3 is 20.1 Å². The van der Waals surface area contributed by atoms with Crippen LogP contribution in [0.1, 0.15) is 31.2 Å². The van der Waals surface area contributed by atoms with E-state index in [1.54, 1.807) is 0 Å². The molecular weight excluding hydrogens is 268 g/mol. The fourth-order valence-electron chi connectivity index (χ4n) is 2.61. The third-order valence-corrected chi connectivity index (χ3v) is 4.16. The monoisotopic (exact) mass is 292 g/mol. The van der Waals surface area contributed by atoms with Crippen LogP contribution in [0.25, 0.3) is 0 Å². The molecule has 0 unspecified atom stereocenters. The van der Waals surface area contributed by atoms with Gasteiger partial charge in [0.15, 0.2) is 0 Å². The van der Waals surface area contributed by atoms with E-state index >= 15 is 0 Å². The van der Waals surface area contributed by atoms with Crippen LogP contribution < -0.4 is 10.2 Å². The predicted molar refractivity (Wildman–Crippen MR) is 80.2 cm³/mol. The first-order valence-electron chi connectivity index (χ1n) is 7.70. The zero-order chi connectivity index (χ0) is 14.7. The van der Waals surface area contributed by atoms with E-state index in [1.807, 2.05) is 24.3 Å². The molecule has 2 fully saturated rings. The van der Waals surface area contributed by atoms with Crippen molar-refractivity contribution in [2.45, 2.75) is 43.9 Å². The first-order chi connectivity index (χ1) is 10.1. The first-order valence-corrected chi connectivity index (χ1v) is 7.70. The van der Waals surface area contributed by atoms with Crippen molar-refractivity contribution in [2.24, 2.45) is 0 Å². The van der Waals surface area contributed by atoms with E-state index in [1.165, 1.54) is 12.8 Å². The highest BCUT2D eigenvalue weighted by Crippen LogP contribution is 2.23. The van der Waals surface area contributed by atoms with Crippen molar-refractivity contribution in [2.75, 3.05) is 31.7 Å². The van der Waals surface area contributed by atoms with Gasteiger partial charge in [0.1, 0.15) is 0 Å². The molecule has 0 atom stereocenters. The Hall–Kier alpha value is -1.24. The third kappa shape index (κ3) is 4.12. The topological polar surface area (TPSA) is 70.5 Å². The number of hydrogen-bond donors (Lipinski definition) is 2. The minimum atomic E-state index is -0.692. The van der Waals surface area contributed by atoms with Gasteiger partial charge in [-0.1, -0.05) is 0 Å². The standard InChI is InChI=1S/C15H24N4O2/c1-19(11-15(20)4-6-21-7-5-15)14-17-9-12(10-18-14)8-16-13-2-3-13/h9-10,13,16,20H,2-8,11H2,1H3. The van der Waals surface area contributed by atoms with Gasteiger partial charge in [-0.2, -0.15) is 0 Å². The zero-order valence-electron chi connectivity index (χ0n) is 12.6. The summed E-state index contributed by atoms with van der Waals surface area (Å²) in [6, 6.07) is 0.690. The summed E-state index contributed by atoms with van der Waals surface area (Å²) >= 11 is 0. The van der Waals surface area contributed by atoms with Crippen LogP contribution in [0.5, 0.6) is 0 Å². The summed E-state index contributed by atoms with van der Waals surface area (Å²) in [4.78, 5) is 10.7. The molecule has 6 heteroatoms. The van der Waals surface area contributed by atoms with Crippen LogP contribution in [0, 0.1) is 0 Å². The molecule has 2 heterocycles. The highest BCUT2D eigenvalue weighted by atomic mass is 16.5. The van der Waals surface area contributed by atoms with Gasteiger partial charge >= 0.3 is 0 Å². The molecule has 0 aromatic carbocycles. The van der Waals surface area contributed by atoms with Gasteiger partial charge in [-0.25, -0.2) is 9.97 Å². The predicted octanol–water partition coefficient (Wildman–Crippen LogP) is 0.706. The maximum Gasteiger partial charge on any atom is 0.225 e. The summed E-state index contributed by atoms with van der Waals surface area (Å²) in [5, 5.41) is 14.0. The van der Waals surface area contributed by atoms with Crippen molar-refractivity contribution in [3.63, 3.8) is 0 Å². The Morgan fingerprint density at radius 1 is 1.33 bits per heavy atom. The molecule has 0 radical (unpaired) electrons. The van der Waals surface area contributed by atoms with Crippen molar-refractivity contribution >= 4 is 5.95 Å². The summed E-state index contributed by atoms with van der Waals surface area (Å²) in [5.74, 6) is 0.657. The SMILES string of the molecule is CN(CC1(O)CCOCC1)c1ncc(CNC2CC2)cn1. The van der Waals surface area contributed by atoms with Gasteiger partial charge in [0.2, 0.25) is 5.95 Å². The normalized spacial score (nSPS) is 21.2. The number of aromatic nitrogens is 2. The molecule has 21 heavy (non-hydrogen) atoms. The highest BCUT2D eigenvalue weighted by molar-refractivity contribution is 5.29. The van der Waals surface area contributed by atoms with Crippen LogP contribution in [0.4, 0.5) is 5.95 Å². The molecule has 1 aromatic rings. The average Bonchev–Trinajstić information content (AvgIpc) is 3.30. The second kappa shape index (κ2) is 6.25. The fraction of sp³-hybridized carbons (Fsp3) is 0.733. The third-order valence-electron chi connectivity index (χ3n) is 4.16. The van der Waals surface area contributed by atoms with Gasteiger partial charge in [-0.15, -0.1) is 0 Å². The van der Waals surface area contributed by atoms with Gasteiger partial charge in [0.05, 0.1) is 5.60 Å². The molecule has 0 spiro atoms. The van der Waals surface area contributed by atoms with Crippen LogP contribution in [0.3, 0.4) is 0 Å². The number of ether oxygens (including phenoxy) is 1. The number of nitrogens with zero attached hydrogens (tertiary/aromatic N) is 3. The molecule has 6 nitrogen and oxygen atoms in total. The Morgan fingerprint density at radius 2 is 2.00 bits per heavy atom. The molecule has 3 rings (SSSR count). The summed E-state index contributed by atoms with van der Waals surface area (Å²) in [7, 11) is 1.92. The Bertz CT molecular complexity index is 455. The number of aliphatic hydroxyl groups is 1. The Balaban J connectivity index is 1.54. The molecular formula is C15H24N4O2. The van der Waals surface area contributed by atoms with Crippen molar-refractivity contribution in [1.82, 2.24) is 15.3 Å². The van der Waals surface area contributed by atoms with Crippen molar-refractivity contribution in [3.8, 4) is 0 Å². The van der Waals surface area contributed by atoms with Gasteiger partial charge in [-0.3, -0.25) is 0 Å². The summed E-state index contributed by atoms with van der Waals surface area (Å²) in [6.45, 7) is 2.61. The lowest BCUT2D eigenvalue weighted by Crippen LogP contribution is -2.46. The highest BCUT2D eigenvalue weighted by Gasteiger charge is 2.31. The van der Waals surface area contributed by atoms with E-state index in [2.05, 4.69) is 15.3 Å². The van der Waals surface area contributed by atoms with E-state index in [0.29, 0.717) is 44.6 Å². The summed E-state index contributed by atoms with van der Waals surface area (Å²) in [5.41, 5.74) is 0.409. The Kier molecular flexibility index (Phi) is 4.37. The minimum Gasteiger partial charge on any atom is -0.388 e. The molecule has 0 amide bonds. The van der Waals surface area contributed by atoms with Crippen LogP contribution in [-0.2, 0) is 11.3 Å². The number of hydrogen-bond acceptors (Lipinski definition) is 6. The maximum absolute atomic E-state index is 10.5. The van der Waals surface area contributed by atoms with E-state index in [-0.39, 0.29) is 0 Å².